The van der Waals surface area contributed by atoms with E-state index >= 15 is 0 Å². The summed E-state index contributed by atoms with van der Waals surface area (Å²) in [6, 6.07) is 16.6. The topological polar surface area (TPSA) is 103 Å². The van der Waals surface area contributed by atoms with E-state index in [1.807, 2.05) is 30.3 Å². The van der Waals surface area contributed by atoms with Gasteiger partial charge in [-0.2, -0.15) is 0 Å². The van der Waals surface area contributed by atoms with Crippen molar-refractivity contribution in [1.29, 1.82) is 0 Å². The van der Waals surface area contributed by atoms with Gasteiger partial charge in [-0.05, 0) is 47.9 Å². The molecule has 39 heavy (non-hydrogen) atoms. The largest absolute Gasteiger partial charge is 1.00 e. The molecule has 0 atom stereocenters. The van der Waals surface area contributed by atoms with Crippen LogP contribution in [0.1, 0.15) is 15.9 Å². The van der Waals surface area contributed by atoms with Crippen molar-refractivity contribution in [1.82, 2.24) is 0 Å². The number of thiophene rings is 1. The first-order valence-electron chi connectivity index (χ1n) is 11.4. The number of hydrogen-bond donors (Lipinski definition) is 0. The zero-order valence-electron chi connectivity index (χ0n) is 22.2. The van der Waals surface area contributed by atoms with Gasteiger partial charge in [-0.3, -0.25) is 4.79 Å². The molecule has 4 aromatic rings. The van der Waals surface area contributed by atoms with E-state index in [-0.39, 0.29) is 41.1 Å². The summed E-state index contributed by atoms with van der Waals surface area (Å²) in [4.78, 5) is 25.1. The molecule has 1 aromatic heterocycles. The van der Waals surface area contributed by atoms with Gasteiger partial charge in [-0.25, -0.2) is 0 Å². The van der Waals surface area contributed by atoms with Gasteiger partial charge in [-0.1, -0.05) is 18.2 Å². The molecule has 1 heterocycles. The van der Waals surface area contributed by atoms with E-state index in [0.29, 0.717) is 34.1 Å². The summed E-state index contributed by atoms with van der Waals surface area (Å²) >= 11 is 1.59. The van der Waals surface area contributed by atoms with Crippen molar-refractivity contribution >= 4 is 39.3 Å². The third kappa shape index (κ3) is 6.75. The van der Waals surface area contributed by atoms with Gasteiger partial charge in [0.05, 0.1) is 34.4 Å². The van der Waals surface area contributed by atoms with E-state index < -0.39 is 12.6 Å². The van der Waals surface area contributed by atoms with Crippen molar-refractivity contribution in [2.45, 2.75) is 0 Å². The molecule has 0 radical (unpaired) electrons. The fourth-order valence-corrected chi connectivity index (χ4v) is 5.01. The van der Waals surface area contributed by atoms with Crippen LogP contribution in [0.15, 0.2) is 60.7 Å². The van der Waals surface area contributed by atoms with Gasteiger partial charge in [-0.15, -0.1) is 11.3 Å². The first-order valence-corrected chi connectivity index (χ1v) is 12.3. The number of carbonyl (C=O) groups is 2. The smallest absolute Gasteiger partial charge is 0.546 e. The molecule has 0 saturated carbocycles. The zero-order valence-corrected chi connectivity index (χ0v) is 25.0. The number of methoxy groups -OCH3 is 4. The summed E-state index contributed by atoms with van der Waals surface area (Å²) < 4.78 is 28.2. The quantitative estimate of drug-likeness (QED) is 0.156. The Morgan fingerprint density at radius 3 is 2.10 bits per heavy atom. The Labute approximate surface area is 252 Å². The Kier molecular flexibility index (Phi) is 10.4. The fourth-order valence-electron chi connectivity index (χ4n) is 3.93. The van der Waals surface area contributed by atoms with E-state index in [9.17, 15) is 14.7 Å². The van der Waals surface area contributed by atoms with Gasteiger partial charge in [0.15, 0.2) is 17.3 Å². The average molecular weight is 557 g/mol. The number of aliphatic carboxylic acids is 1. The molecule has 8 nitrogen and oxygen atoms in total. The predicted octanol–water partition coefficient (Wildman–Crippen LogP) is 1.63. The minimum Gasteiger partial charge on any atom is -0.546 e. The van der Waals surface area contributed by atoms with E-state index in [1.165, 1.54) is 34.5 Å². The second-order valence-corrected chi connectivity index (χ2v) is 9.09. The van der Waals surface area contributed by atoms with Crippen LogP contribution in [0.25, 0.3) is 26.6 Å². The molecule has 0 aliphatic rings. The third-order valence-electron chi connectivity index (χ3n) is 5.73. The summed E-state index contributed by atoms with van der Waals surface area (Å²) in [7, 11) is 5.94. The molecule has 0 spiro atoms. The second kappa shape index (κ2) is 13.5. The number of benzene rings is 3. The number of rotatable bonds is 11. The summed E-state index contributed by atoms with van der Waals surface area (Å²) in [6.45, 7) is -0.660. The number of carbonyl (C=O) groups excluding carboxylic acids is 2. The molecule has 0 aliphatic heterocycles. The number of carboxylic acids is 1. The van der Waals surface area contributed by atoms with Crippen LogP contribution < -0.4 is 58.3 Å². The van der Waals surface area contributed by atoms with Crippen molar-refractivity contribution in [3.05, 3.63) is 71.8 Å². The first kappa shape index (κ1) is 30.0. The molecule has 196 valence electrons. The van der Waals surface area contributed by atoms with Crippen LogP contribution in [0.4, 0.5) is 0 Å². The SMILES string of the molecule is COc1cc(OCC(=O)[O-])c(/C=C/C(=O)c2cc(OC)c(OC)c(OC)c2)cc1-c1cc2ccccc2s1.[Na+]. The number of allylic oxidation sites excluding steroid dienone is 1. The van der Waals surface area contributed by atoms with Crippen molar-refractivity contribution in [2.24, 2.45) is 0 Å². The van der Waals surface area contributed by atoms with Gasteiger partial charge < -0.3 is 33.6 Å². The standard InChI is InChI=1S/C29H26O8S.Na/c1-33-23-15-22(37-16-28(31)32)17(11-20(23)27-14-18-7-5-6-8-26(18)38-27)9-10-21(30)19-12-24(34-2)29(36-4)25(13-19)35-3;/h5-15H,16H2,1-4H3,(H,31,32);/q;+1/p-1/b10-9+;. The summed E-state index contributed by atoms with van der Waals surface area (Å²) in [6.07, 6.45) is 2.93. The van der Waals surface area contributed by atoms with Crippen molar-refractivity contribution in [3.8, 4) is 39.2 Å². The van der Waals surface area contributed by atoms with Crippen LogP contribution in [0.5, 0.6) is 28.7 Å². The molecule has 0 amide bonds. The van der Waals surface area contributed by atoms with E-state index in [0.717, 1.165) is 20.5 Å². The Morgan fingerprint density at radius 1 is 0.846 bits per heavy atom. The number of ether oxygens (including phenoxy) is 5. The van der Waals surface area contributed by atoms with Crippen molar-refractivity contribution < 1.29 is 67.9 Å². The summed E-state index contributed by atoms with van der Waals surface area (Å²) in [5.41, 5.74) is 1.57. The minimum absolute atomic E-state index is 0. The Morgan fingerprint density at radius 2 is 1.51 bits per heavy atom. The zero-order chi connectivity index (χ0) is 27.2. The van der Waals surface area contributed by atoms with E-state index in [2.05, 4.69) is 0 Å². The molecule has 4 rings (SSSR count). The van der Waals surface area contributed by atoms with Crippen LogP contribution in [-0.4, -0.2) is 46.8 Å². The predicted molar refractivity (Wildman–Crippen MR) is 144 cm³/mol. The van der Waals surface area contributed by atoms with Crippen LogP contribution in [0.3, 0.4) is 0 Å². The van der Waals surface area contributed by atoms with Gasteiger partial charge in [0.2, 0.25) is 5.75 Å². The molecule has 10 heteroatoms. The Bertz CT molecular complexity index is 1470. The molecule has 0 N–H and O–H groups in total. The van der Waals surface area contributed by atoms with Crippen molar-refractivity contribution in [2.75, 3.05) is 35.0 Å². The molecule has 0 fully saturated rings. The van der Waals surface area contributed by atoms with Crippen LogP contribution >= 0.6 is 11.3 Å². The van der Waals surface area contributed by atoms with Crippen molar-refractivity contribution in [3.63, 3.8) is 0 Å². The minimum atomic E-state index is -1.37. The fraction of sp³-hybridized carbons (Fsp3) is 0.172. The maximum absolute atomic E-state index is 13.1. The van der Waals surface area contributed by atoms with Crippen LogP contribution in [0.2, 0.25) is 0 Å². The Balaban J connectivity index is 0.00000420. The molecule has 0 unspecified atom stereocenters. The average Bonchev–Trinajstić information content (AvgIpc) is 3.37. The molecular weight excluding hydrogens is 531 g/mol. The molecule has 3 aromatic carbocycles. The molecule has 0 bridgehead atoms. The van der Waals surface area contributed by atoms with Crippen LogP contribution in [-0.2, 0) is 4.79 Å². The Hall–Kier alpha value is -3.50. The molecule has 0 saturated heterocycles. The molecular formula is C29H25NaO8S. The van der Waals surface area contributed by atoms with E-state index in [4.69, 9.17) is 23.7 Å². The normalized spacial score (nSPS) is 10.7. The maximum Gasteiger partial charge on any atom is 1.00 e. The third-order valence-corrected chi connectivity index (χ3v) is 6.88. The number of ketones is 1. The summed E-state index contributed by atoms with van der Waals surface area (Å²) in [5, 5.41) is 12.2. The number of carboxylic acid groups (broad SMARTS) is 1. The summed E-state index contributed by atoms with van der Waals surface area (Å²) in [5.74, 6) is 0.0750. The first-order chi connectivity index (χ1) is 18.4. The monoisotopic (exact) mass is 556 g/mol. The maximum atomic E-state index is 13.1. The van der Waals surface area contributed by atoms with Crippen LogP contribution in [0, 0.1) is 0 Å². The number of fused-ring (bicyclic) bond motifs is 1. The second-order valence-electron chi connectivity index (χ2n) is 8.01. The van der Waals surface area contributed by atoms with Gasteiger partial charge in [0.1, 0.15) is 18.1 Å². The van der Waals surface area contributed by atoms with E-state index in [1.54, 1.807) is 41.7 Å². The molecule has 0 aliphatic carbocycles. The van der Waals surface area contributed by atoms with Gasteiger partial charge in [0, 0.05) is 32.3 Å². The van der Waals surface area contributed by atoms with Gasteiger partial charge in [0.25, 0.3) is 0 Å². The van der Waals surface area contributed by atoms with Gasteiger partial charge >= 0.3 is 29.6 Å². The number of hydrogen-bond acceptors (Lipinski definition) is 9.